The molecule has 0 aromatic heterocycles. The molecule has 0 bridgehead atoms. The summed E-state index contributed by atoms with van der Waals surface area (Å²) in [6.07, 6.45) is -7.25. The molecule has 0 spiro atoms. The highest BCUT2D eigenvalue weighted by Gasteiger charge is 2.51. The summed E-state index contributed by atoms with van der Waals surface area (Å²) in [6.45, 7) is 2.17. The summed E-state index contributed by atoms with van der Waals surface area (Å²) in [5.41, 5.74) is -1.58. The molecule has 2 saturated heterocycles. The van der Waals surface area contributed by atoms with Crippen LogP contribution in [0.1, 0.15) is 25.8 Å². The smallest absolute Gasteiger partial charge is 0.330 e. The van der Waals surface area contributed by atoms with E-state index in [9.17, 15) is 40.5 Å². The summed E-state index contributed by atoms with van der Waals surface area (Å²) in [6, 6.07) is 3.93. The van der Waals surface area contributed by atoms with Crippen LogP contribution in [0.15, 0.2) is 24.3 Å². The van der Waals surface area contributed by atoms with Gasteiger partial charge in [0, 0.05) is 6.08 Å². The fraction of sp³-hybridized carbons (Fsp3) is 0.625. The average Bonchev–Trinajstić information content (AvgIpc) is 3.16. The van der Waals surface area contributed by atoms with Crippen LogP contribution in [0.5, 0.6) is 11.5 Å². The lowest BCUT2D eigenvalue weighted by atomic mass is 9.99. The third-order valence-electron chi connectivity index (χ3n) is 6.22. The Morgan fingerprint density at radius 3 is 2.54 bits per heavy atom. The largest absolute Gasteiger partial charge is 0.504 e. The van der Waals surface area contributed by atoms with E-state index in [1.807, 2.05) is 6.92 Å². The standard InChI is InChI=1S/C24H34O13/c1-3-12(2)36-22-20(30)19(29)18(28)16(37-22)9-33-23-21(31)24(32,11-35-23)10-34-17(27)7-5-13-4-6-14(25)15(26)8-13/h4-8,12,16,18-23,25-26,28-32H,3,9-11H2,1-2H3/b7-5+/t12-,16+,18-,19-,20+,21-,22+,23+,24+/m0/s1. The molecular weight excluding hydrogens is 496 g/mol. The predicted octanol–water partition coefficient (Wildman–Crippen LogP) is -1.26. The van der Waals surface area contributed by atoms with Crippen molar-refractivity contribution >= 4 is 12.0 Å². The Balaban J connectivity index is 1.50. The highest BCUT2D eigenvalue weighted by molar-refractivity contribution is 5.87. The molecule has 37 heavy (non-hydrogen) atoms. The van der Waals surface area contributed by atoms with Crippen molar-refractivity contribution in [2.45, 2.75) is 75.1 Å². The number of aliphatic hydroxyl groups is 5. The summed E-state index contributed by atoms with van der Waals surface area (Å²) in [7, 11) is 0. The lowest BCUT2D eigenvalue weighted by Gasteiger charge is -2.41. The number of aromatic hydroxyl groups is 2. The summed E-state index contributed by atoms with van der Waals surface area (Å²) in [5.74, 6) is -1.53. The molecule has 0 amide bonds. The minimum atomic E-state index is -1.99. The Hall–Kier alpha value is -2.33. The van der Waals surface area contributed by atoms with Crippen LogP contribution in [0.25, 0.3) is 6.08 Å². The maximum atomic E-state index is 12.0. The van der Waals surface area contributed by atoms with Crippen molar-refractivity contribution < 1.29 is 64.2 Å². The second-order valence-electron chi connectivity index (χ2n) is 9.12. The number of phenolic OH excluding ortho intramolecular Hbond substituents is 2. The number of hydrogen-bond acceptors (Lipinski definition) is 13. The predicted molar refractivity (Wildman–Crippen MR) is 124 cm³/mol. The van der Waals surface area contributed by atoms with Crippen LogP contribution in [0.4, 0.5) is 0 Å². The maximum Gasteiger partial charge on any atom is 0.330 e. The Morgan fingerprint density at radius 1 is 1.14 bits per heavy atom. The van der Waals surface area contributed by atoms with Gasteiger partial charge in [-0.3, -0.25) is 0 Å². The van der Waals surface area contributed by atoms with Gasteiger partial charge in [0.2, 0.25) is 0 Å². The molecule has 3 rings (SSSR count). The van der Waals surface area contributed by atoms with Gasteiger partial charge in [-0.15, -0.1) is 0 Å². The molecule has 0 radical (unpaired) electrons. The van der Waals surface area contributed by atoms with Crippen molar-refractivity contribution in [3.05, 3.63) is 29.8 Å². The third-order valence-corrected chi connectivity index (χ3v) is 6.22. The topological polar surface area (TPSA) is 205 Å². The first kappa shape index (κ1) is 29.2. The summed E-state index contributed by atoms with van der Waals surface area (Å²) in [5, 5.41) is 70.5. The first-order chi connectivity index (χ1) is 17.4. The molecule has 13 nitrogen and oxygen atoms in total. The van der Waals surface area contributed by atoms with E-state index in [4.69, 9.17) is 23.7 Å². The van der Waals surface area contributed by atoms with E-state index >= 15 is 0 Å². The van der Waals surface area contributed by atoms with E-state index in [1.165, 1.54) is 24.3 Å². The van der Waals surface area contributed by atoms with E-state index in [0.717, 1.165) is 6.08 Å². The average molecular weight is 531 g/mol. The van der Waals surface area contributed by atoms with E-state index in [2.05, 4.69) is 0 Å². The number of carbonyl (C=O) groups is 1. The van der Waals surface area contributed by atoms with E-state index in [0.29, 0.717) is 12.0 Å². The van der Waals surface area contributed by atoms with Gasteiger partial charge >= 0.3 is 5.97 Å². The quantitative estimate of drug-likeness (QED) is 0.107. The van der Waals surface area contributed by atoms with Gasteiger partial charge in [-0.2, -0.15) is 0 Å². The van der Waals surface area contributed by atoms with Crippen LogP contribution in [-0.4, -0.2) is 116 Å². The number of phenols is 2. The molecule has 2 heterocycles. The van der Waals surface area contributed by atoms with Gasteiger partial charge in [-0.25, -0.2) is 4.79 Å². The molecule has 13 heteroatoms. The minimum Gasteiger partial charge on any atom is -0.504 e. The molecule has 0 aliphatic carbocycles. The zero-order valence-corrected chi connectivity index (χ0v) is 20.4. The van der Waals surface area contributed by atoms with Crippen LogP contribution >= 0.6 is 0 Å². The van der Waals surface area contributed by atoms with Gasteiger partial charge in [0.1, 0.15) is 37.1 Å². The normalized spacial score (nSPS) is 35.1. The molecule has 9 atom stereocenters. The second-order valence-corrected chi connectivity index (χ2v) is 9.12. The van der Waals surface area contributed by atoms with Crippen molar-refractivity contribution in [3.8, 4) is 11.5 Å². The van der Waals surface area contributed by atoms with Crippen molar-refractivity contribution in [3.63, 3.8) is 0 Å². The molecule has 7 N–H and O–H groups in total. The Morgan fingerprint density at radius 2 is 1.86 bits per heavy atom. The summed E-state index contributed by atoms with van der Waals surface area (Å²) < 4.78 is 26.8. The van der Waals surface area contributed by atoms with E-state index in [1.54, 1.807) is 6.92 Å². The molecule has 0 unspecified atom stereocenters. The molecule has 1 aromatic rings. The van der Waals surface area contributed by atoms with Crippen molar-refractivity contribution in [2.75, 3.05) is 19.8 Å². The van der Waals surface area contributed by atoms with Crippen LogP contribution in [-0.2, 0) is 28.5 Å². The third kappa shape index (κ3) is 7.16. The van der Waals surface area contributed by atoms with Gasteiger partial charge in [0.05, 0.1) is 19.3 Å². The number of hydrogen-bond donors (Lipinski definition) is 7. The van der Waals surface area contributed by atoms with Gasteiger partial charge in [-0.05, 0) is 37.1 Å². The molecule has 1 aromatic carbocycles. The van der Waals surface area contributed by atoms with Crippen LogP contribution in [0, 0.1) is 0 Å². The first-order valence-electron chi connectivity index (χ1n) is 11.8. The zero-order chi connectivity index (χ0) is 27.3. The fourth-order valence-corrected chi connectivity index (χ4v) is 3.66. The lowest BCUT2D eigenvalue weighted by molar-refractivity contribution is -0.317. The molecule has 2 aliphatic heterocycles. The Kier molecular flexibility index (Phi) is 9.86. The number of rotatable bonds is 10. The zero-order valence-electron chi connectivity index (χ0n) is 20.4. The highest BCUT2D eigenvalue weighted by Crippen LogP contribution is 2.29. The van der Waals surface area contributed by atoms with Crippen molar-refractivity contribution in [2.24, 2.45) is 0 Å². The minimum absolute atomic E-state index is 0.288. The van der Waals surface area contributed by atoms with Gasteiger partial charge < -0.3 is 59.4 Å². The molecule has 0 saturated carbocycles. The Labute approximate surface area is 213 Å². The van der Waals surface area contributed by atoms with E-state index < -0.39 is 67.9 Å². The maximum absolute atomic E-state index is 12.0. The number of benzene rings is 1. The van der Waals surface area contributed by atoms with Gasteiger partial charge in [0.25, 0.3) is 0 Å². The fourth-order valence-electron chi connectivity index (χ4n) is 3.66. The van der Waals surface area contributed by atoms with Crippen molar-refractivity contribution in [1.82, 2.24) is 0 Å². The lowest BCUT2D eigenvalue weighted by Crippen LogP contribution is -2.60. The number of ether oxygens (including phenoxy) is 5. The van der Waals surface area contributed by atoms with Crippen molar-refractivity contribution in [1.29, 1.82) is 0 Å². The van der Waals surface area contributed by atoms with Gasteiger partial charge in [-0.1, -0.05) is 13.0 Å². The number of esters is 1. The molecule has 2 aliphatic rings. The summed E-state index contributed by atoms with van der Waals surface area (Å²) >= 11 is 0. The Bertz CT molecular complexity index is 939. The van der Waals surface area contributed by atoms with Crippen LogP contribution in [0.2, 0.25) is 0 Å². The highest BCUT2D eigenvalue weighted by atomic mass is 16.7. The van der Waals surface area contributed by atoms with Gasteiger partial charge in [0.15, 0.2) is 29.7 Å². The molecule has 208 valence electrons. The summed E-state index contributed by atoms with van der Waals surface area (Å²) in [4.78, 5) is 12.0. The van der Waals surface area contributed by atoms with Crippen LogP contribution < -0.4 is 0 Å². The van der Waals surface area contributed by atoms with Crippen LogP contribution in [0.3, 0.4) is 0 Å². The number of aliphatic hydroxyl groups excluding tert-OH is 4. The second kappa shape index (κ2) is 12.5. The molecular formula is C24H34O13. The monoisotopic (exact) mass is 530 g/mol. The SMILES string of the molecule is CC[C@H](C)O[C@@H]1O[C@H](CO[C@@H]2OC[C@](O)(COC(=O)/C=C/c3ccc(O)c(O)c3)[C@H]2O)[C@H](O)[C@H](O)[C@H]1O. The van der Waals surface area contributed by atoms with E-state index in [-0.39, 0.29) is 24.2 Å². The first-order valence-corrected chi connectivity index (χ1v) is 11.8. The number of carbonyl (C=O) groups excluding carboxylic acids is 1. The molecule has 2 fully saturated rings.